The molecule has 1 heterocycles. The summed E-state index contributed by atoms with van der Waals surface area (Å²) >= 11 is 0. The lowest BCUT2D eigenvalue weighted by Crippen LogP contribution is -2.13. The molecule has 0 atom stereocenters. The molecule has 160 valence electrons. The van der Waals surface area contributed by atoms with E-state index in [9.17, 15) is 13.2 Å². The summed E-state index contributed by atoms with van der Waals surface area (Å²) in [5.41, 5.74) is 1.04. The van der Waals surface area contributed by atoms with Crippen LogP contribution in [0.3, 0.4) is 0 Å². The van der Waals surface area contributed by atoms with Crippen LogP contribution in [0.4, 0.5) is 5.69 Å². The van der Waals surface area contributed by atoms with Crippen LogP contribution < -0.4 is 4.72 Å². The van der Waals surface area contributed by atoms with E-state index in [0.717, 1.165) is 5.39 Å². The Balaban J connectivity index is 1.70. The molecule has 0 aliphatic carbocycles. The molecule has 4 rings (SSSR count). The average molecular weight is 439 g/mol. The van der Waals surface area contributed by atoms with Crippen LogP contribution in [-0.2, 0) is 19.5 Å². The lowest BCUT2D eigenvalue weighted by molar-refractivity contribution is 0.0388. The number of anilines is 1. The predicted molar refractivity (Wildman–Crippen MR) is 118 cm³/mol. The molecule has 0 amide bonds. The second kappa shape index (κ2) is 8.41. The number of sulfonamides is 1. The van der Waals surface area contributed by atoms with E-state index >= 15 is 0 Å². The average Bonchev–Trinajstić information content (AvgIpc) is 3.08. The van der Waals surface area contributed by atoms with Gasteiger partial charge < -0.3 is 13.9 Å². The lowest BCUT2D eigenvalue weighted by Gasteiger charge is -2.11. The third-order valence-corrected chi connectivity index (χ3v) is 6.32. The number of hydrogen-bond donors (Lipinski definition) is 1. The maximum atomic E-state index is 13.1. The van der Waals surface area contributed by atoms with E-state index in [1.165, 1.54) is 7.11 Å². The number of benzene rings is 3. The van der Waals surface area contributed by atoms with Crippen LogP contribution >= 0.6 is 0 Å². The summed E-state index contributed by atoms with van der Waals surface area (Å²) in [5.74, 6) is -0.158. The fourth-order valence-electron chi connectivity index (χ4n) is 3.47. The van der Waals surface area contributed by atoms with Gasteiger partial charge in [-0.05, 0) is 36.6 Å². The zero-order chi connectivity index (χ0) is 22.0. The summed E-state index contributed by atoms with van der Waals surface area (Å²) < 4.78 is 44.6. The Hall–Kier alpha value is -3.36. The standard InChI is InChI=1S/C23H21NO6S/c1-15-22(23(25)29-13-12-28-2)19-14-17(10-11-20(19)30-15)24-31(26,27)21-9-5-7-16-6-3-4-8-18(16)21/h3-11,14,24H,12-13H2,1-2H3. The van der Waals surface area contributed by atoms with Gasteiger partial charge in [0.25, 0.3) is 10.0 Å². The van der Waals surface area contributed by atoms with Crippen molar-refractivity contribution in [2.75, 3.05) is 25.0 Å². The first kappa shape index (κ1) is 20.9. The topological polar surface area (TPSA) is 94.8 Å². The molecule has 0 saturated heterocycles. The molecule has 31 heavy (non-hydrogen) atoms. The summed E-state index contributed by atoms with van der Waals surface area (Å²) in [4.78, 5) is 12.7. The van der Waals surface area contributed by atoms with Crippen LogP contribution in [0.5, 0.6) is 0 Å². The van der Waals surface area contributed by atoms with Crippen molar-refractivity contribution in [2.45, 2.75) is 11.8 Å². The highest BCUT2D eigenvalue weighted by atomic mass is 32.2. The van der Waals surface area contributed by atoms with E-state index in [1.807, 2.05) is 18.2 Å². The van der Waals surface area contributed by atoms with Crippen LogP contribution in [0.1, 0.15) is 16.1 Å². The first-order valence-electron chi connectivity index (χ1n) is 9.60. The fourth-order valence-corrected chi connectivity index (χ4v) is 4.75. The Morgan fingerprint density at radius 1 is 1.00 bits per heavy atom. The van der Waals surface area contributed by atoms with Gasteiger partial charge in [0.2, 0.25) is 0 Å². The normalized spacial score (nSPS) is 11.7. The fraction of sp³-hybridized carbons (Fsp3) is 0.174. The van der Waals surface area contributed by atoms with Gasteiger partial charge in [0.1, 0.15) is 23.5 Å². The number of hydrogen-bond acceptors (Lipinski definition) is 6. The maximum Gasteiger partial charge on any atom is 0.342 e. The molecular weight excluding hydrogens is 418 g/mol. The molecule has 1 aromatic heterocycles. The third-order valence-electron chi connectivity index (χ3n) is 4.88. The third kappa shape index (κ3) is 4.12. The van der Waals surface area contributed by atoms with E-state index in [-0.39, 0.29) is 23.7 Å². The van der Waals surface area contributed by atoms with Crippen molar-refractivity contribution in [1.29, 1.82) is 0 Å². The molecule has 3 aromatic carbocycles. The zero-order valence-electron chi connectivity index (χ0n) is 17.0. The molecule has 0 fully saturated rings. The van der Waals surface area contributed by atoms with Crippen LogP contribution in [0.25, 0.3) is 21.7 Å². The summed E-state index contributed by atoms with van der Waals surface area (Å²) in [6, 6.07) is 17.2. The summed E-state index contributed by atoms with van der Waals surface area (Å²) in [5, 5.41) is 1.92. The number of furan rings is 1. The highest BCUT2D eigenvalue weighted by Gasteiger charge is 2.22. The highest BCUT2D eigenvalue weighted by molar-refractivity contribution is 7.93. The molecular formula is C23H21NO6S. The van der Waals surface area contributed by atoms with Gasteiger partial charge in [-0.1, -0.05) is 36.4 Å². The molecule has 0 aliphatic heterocycles. The summed E-state index contributed by atoms with van der Waals surface area (Å²) in [7, 11) is -2.35. The number of carbonyl (C=O) groups is 1. The Morgan fingerprint density at radius 3 is 2.58 bits per heavy atom. The van der Waals surface area contributed by atoms with Crippen molar-refractivity contribution in [1.82, 2.24) is 0 Å². The van der Waals surface area contributed by atoms with Crippen LogP contribution in [0.2, 0.25) is 0 Å². The Labute approximate surface area is 179 Å². The van der Waals surface area contributed by atoms with Gasteiger partial charge in [-0.25, -0.2) is 13.2 Å². The smallest absolute Gasteiger partial charge is 0.342 e. The Bertz CT molecular complexity index is 1370. The summed E-state index contributed by atoms with van der Waals surface area (Å²) in [6.07, 6.45) is 0. The SMILES string of the molecule is COCCOC(=O)c1c(C)oc2ccc(NS(=O)(=O)c3cccc4ccccc34)cc12. The van der Waals surface area contributed by atoms with Gasteiger partial charge in [-0.15, -0.1) is 0 Å². The molecule has 4 aromatic rings. The van der Waals surface area contributed by atoms with Gasteiger partial charge in [-0.3, -0.25) is 4.72 Å². The van der Waals surface area contributed by atoms with Crippen LogP contribution in [-0.4, -0.2) is 34.7 Å². The first-order valence-corrected chi connectivity index (χ1v) is 11.1. The van der Waals surface area contributed by atoms with Crippen molar-refractivity contribution in [3.8, 4) is 0 Å². The number of esters is 1. The highest BCUT2D eigenvalue weighted by Crippen LogP contribution is 2.31. The number of rotatable bonds is 7. The summed E-state index contributed by atoms with van der Waals surface area (Å²) in [6.45, 7) is 2.04. The second-order valence-corrected chi connectivity index (χ2v) is 8.61. The van der Waals surface area contributed by atoms with Crippen molar-refractivity contribution in [3.63, 3.8) is 0 Å². The lowest BCUT2D eigenvalue weighted by atomic mass is 10.1. The van der Waals surface area contributed by atoms with Gasteiger partial charge in [0, 0.05) is 23.6 Å². The van der Waals surface area contributed by atoms with Crippen molar-refractivity contribution < 1.29 is 27.1 Å². The largest absolute Gasteiger partial charge is 0.460 e. The van der Waals surface area contributed by atoms with Crippen molar-refractivity contribution in [3.05, 3.63) is 72.0 Å². The molecule has 7 nitrogen and oxygen atoms in total. The minimum absolute atomic E-state index is 0.106. The molecule has 0 radical (unpaired) electrons. The van der Waals surface area contributed by atoms with Crippen molar-refractivity contribution in [2.24, 2.45) is 0 Å². The van der Waals surface area contributed by atoms with E-state index in [2.05, 4.69) is 4.72 Å². The van der Waals surface area contributed by atoms with E-state index in [1.54, 1.807) is 49.4 Å². The number of nitrogens with one attached hydrogen (secondary N) is 1. The van der Waals surface area contributed by atoms with Crippen LogP contribution in [0.15, 0.2) is 70.0 Å². The monoisotopic (exact) mass is 439 g/mol. The molecule has 0 unspecified atom stereocenters. The van der Waals surface area contributed by atoms with E-state index in [4.69, 9.17) is 13.9 Å². The first-order chi connectivity index (χ1) is 14.9. The van der Waals surface area contributed by atoms with Crippen LogP contribution in [0, 0.1) is 6.92 Å². The molecule has 0 spiro atoms. The maximum absolute atomic E-state index is 13.1. The quantitative estimate of drug-likeness (QED) is 0.337. The molecule has 0 aliphatic rings. The molecule has 0 saturated carbocycles. The Morgan fingerprint density at radius 2 is 1.77 bits per heavy atom. The molecule has 0 bridgehead atoms. The zero-order valence-corrected chi connectivity index (χ0v) is 17.9. The minimum Gasteiger partial charge on any atom is -0.460 e. The van der Waals surface area contributed by atoms with Gasteiger partial charge in [0.15, 0.2) is 0 Å². The number of methoxy groups -OCH3 is 1. The second-order valence-electron chi connectivity index (χ2n) is 6.96. The number of fused-ring (bicyclic) bond motifs is 2. The minimum atomic E-state index is -3.87. The van der Waals surface area contributed by atoms with Gasteiger partial charge in [0.05, 0.1) is 11.5 Å². The Kier molecular flexibility index (Phi) is 5.67. The van der Waals surface area contributed by atoms with E-state index in [0.29, 0.717) is 27.8 Å². The predicted octanol–water partition coefficient (Wildman–Crippen LogP) is 4.50. The number of carbonyl (C=O) groups excluding carboxylic acids is 1. The van der Waals surface area contributed by atoms with Gasteiger partial charge in [-0.2, -0.15) is 0 Å². The van der Waals surface area contributed by atoms with Crippen molar-refractivity contribution >= 4 is 43.4 Å². The number of ether oxygens (including phenoxy) is 2. The molecule has 1 N–H and O–H groups in total. The molecule has 8 heteroatoms. The van der Waals surface area contributed by atoms with Gasteiger partial charge >= 0.3 is 5.97 Å². The number of aryl methyl sites for hydroxylation is 1. The van der Waals surface area contributed by atoms with E-state index < -0.39 is 16.0 Å².